The minimum absolute atomic E-state index is 0.109. The van der Waals surface area contributed by atoms with Crippen LogP contribution < -0.4 is 10.1 Å². The molecule has 1 atom stereocenters. The van der Waals surface area contributed by atoms with E-state index in [9.17, 15) is 4.79 Å². The predicted molar refractivity (Wildman–Crippen MR) is 116 cm³/mol. The molecule has 29 heavy (non-hydrogen) atoms. The van der Waals surface area contributed by atoms with Crippen molar-refractivity contribution >= 4 is 6.03 Å². The molecule has 0 aromatic heterocycles. The number of piperidine rings is 1. The molecule has 3 aliphatic rings. The molecule has 0 bridgehead atoms. The van der Waals surface area contributed by atoms with Crippen LogP contribution in [0.15, 0.2) is 18.2 Å². The lowest BCUT2D eigenvalue weighted by Crippen LogP contribution is -2.47. The number of hydrogen-bond acceptors (Lipinski definition) is 3. The lowest BCUT2D eigenvalue weighted by Gasteiger charge is -2.33. The summed E-state index contributed by atoms with van der Waals surface area (Å²) in [7, 11) is 0. The van der Waals surface area contributed by atoms with Gasteiger partial charge < -0.3 is 15.0 Å². The molecule has 1 unspecified atom stereocenters. The van der Waals surface area contributed by atoms with Crippen molar-refractivity contribution in [3.05, 3.63) is 29.3 Å². The van der Waals surface area contributed by atoms with Crippen LogP contribution in [0.2, 0.25) is 0 Å². The number of benzene rings is 1. The van der Waals surface area contributed by atoms with Crippen molar-refractivity contribution < 1.29 is 9.53 Å². The normalized spacial score (nSPS) is 22.0. The maximum absolute atomic E-state index is 12.7. The summed E-state index contributed by atoms with van der Waals surface area (Å²) in [4.78, 5) is 17.2. The first kappa shape index (κ1) is 20.5. The fraction of sp³-hybridized carbons (Fsp3) is 0.708. The maximum Gasteiger partial charge on any atom is 0.317 e. The van der Waals surface area contributed by atoms with Gasteiger partial charge in [-0.15, -0.1) is 0 Å². The Hall–Kier alpha value is -1.75. The van der Waals surface area contributed by atoms with Crippen LogP contribution in [0.5, 0.6) is 5.75 Å². The Balaban J connectivity index is 1.28. The van der Waals surface area contributed by atoms with Crippen LogP contribution in [0.25, 0.3) is 0 Å². The Bertz CT molecular complexity index is 681. The van der Waals surface area contributed by atoms with Crippen molar-refractivity contribution in [1.82, 2.24) is 15.1 Å². The monoisotopic (exact) mass is 399 g/mol. The van der Waals surface area contributed by atoms with E-state index in [0.29, 0.717) is 18.6 Å². The van der Waals surface area contributed by atoms with Gasteiger partial charge in [0, 0.05) is 25.2 Å². The summed E-state index contributed by atoms with van der Waals surface area (Å²) in [6, 6.07) is 7.36. The number of ether oxygens (including phenoxy) is 1. The summed E-state index contributed by atoms with van der Waals surface area (Å²) in [5.74, 6) is 0.965. The van der Waals surface area contributed by atoms with Gasteiger partial charge in [-0.1, -0.05) is 31.7 Å². The second kappa shape index (κ2) is 9.84. The minimum atomic E-state index is 0.109. The summed E-state index contributed by atoms with van der Waals surface area (Å²) in [5.41, 5.74) is 2.58. The zero-order valence-electron chi connectivity index (χ0n) is 18.0. The number of amides is 2. The first-order valence-corrected chi connectivity index (χ1v) is 11.7. The van der Waals surface area contributed by atoms with Crippen molar-refractivity contribution in [3.63, 3.8) is 0 Å². The Kier molecular flexibility index (Phi) is 6.96. The van der Waals surface area contributed by atoms with Gasteiger partial charge in [0.25, 0.3) is 0 Å². The van der Waals surface area contributed by atoms with E-state index in [-0.39, 0.29) is 6.03 Å². The molecule has 2 aliphatic heterocycles. The van der Waals surface area contributed by atoms with Crippen LogP contribution in [0, 0.1) is 0 Å². The van der Waals surface area contributed by atoms with E-state index >= 15 is 0 Å². The van der Waals surface area contributed by atoms with Gasteiger partial charge in [-0.05, 0) is 75.4 Å². The number of fused-ring (bicyclic) bond motifs is 1. The summed E-state index contributed by atoms with van der Waals surface area (Å²) in [6.45, 7) is 6.92. The molecule has 160 valence electrons. The molecule has 2 fully saturated rings. The first-order chi connectivity index (χ1) is 14.2. The van der Waals surface area contributed by atoms with Crippen LogP contribution in [0.1, 0.15) is 69.4 Å². The summed E-state index contributed by atoms with van der Waals surface area (Å²) in [6.07, 6.45) is 11.0. The number of hydrogen-bond donors (Lipinski definition) is 1. The fourth-order valence-electron chi connectivity index (χ4n) is 4.99. The highest BCUT2D eigenvalue weighted by molar-refractivity contribution is 5.75. The zero-order valence-corrected chi connectivity index (χ0v) is 18.0. The second-order valence-electron chi connectivity index (χ2n) is 9.14. The molecule has 1 saturated heterocycles. The van der Waals surface area contributed by atoms with E-state index in [2.05, 4.69) is 35.3 Å². The van der Waals surface area contributed by atoms with Crippen molar-refractivity contribution in [2.24, 2.45) is 0 Å². The van der Waals surface area contributed by atoms with Crippen molar-refractivity contribution in [2.45, 2.75) is 83.3 Å². The molecule has 1 saturated carbocycles. The Labute approximate surface area is 175 Å². The average molecular weight is 400 g/mol. The molecule has 1 aliphatic carbocycles. The molecule has 1 aromatic rings. The van der Waals surface area contributed by atoms with E-state index in [1.54, 1.807) is 0 Å². The molecule has 5 heteroatoms. The topological polar surface area (TPSA) is 44.8 Å². The van der Waals surface area contributed by atoms with Crippen LogP contribution in [0.3, 0.4) is 0 Å². The molecular weight excluding hydrogens is 362 g/mol. The number of nitrogens with one attached hydrogen (secondary N) is 1. The predicted octanol–water partition coefficient (Wildman–Crippen LogP) is 4.34. The van der Waals surface area contributed by atoms with Gasteiger partial charge in [-0.2, -0.15) is 0 Å². The third kappa shape index (κ3) is 5.44. The van der Waals surface area contributed by atoms with E-state index in [4.69, 9.17) is 4.74 Å². The second-order valence-corrected chi connectivity index (χ2v) is 9.14. The standard InChI is InChI=1S/C24H37N3O2/c1-19(26-13-6-3-7-14-26)18-29-23-11-10-21-17-27(15-12-20(21)16-23)24(28)25-22-8-4-2-5-9-22/h10-11,16,19,22H,2-9,12-15,17-18H2,1H3,(H,25,28). The van der Waals surface area contributed by atoms with Crippen molar-refractivity contribution in [2.75, 3.05) is 26.2 Å². The molecule has 1 N–H and O–H groups in total. The Morgan fingerprint density at radius 1 is 1.07 bits per heavy atom. The van der Waals surface area contributed by atoms with Crippen LogP contribution in [-0.4, -0.2) is 54.2 Å². The van der Waals surface area contributed by atoms with Gasteiger partial charge in [-0.25, -0.2) is 4.79 Å². The van der Waals surface area contributed by atoms with Gasteiger partial charge >= 0.3 is 6.03 Å². The molecule has 0 spiro atoms. The molecule has 0 radical (unpaired) electrons. The van der Waals surface area contributed by atoms with Crippen molar-refractivity contribution in [1.29, 1.82) is 0 Å². The summed E-state index contributed by atoms with van der Waals surface area (Å²) < 4.78 is 6.13. The molecular formula is C24H37N3O2. The lowest BCUT2D eigenvalue weighted by molar-refractivity contribution is 0.125. The van der Waals surface area contributed by atoms with Gasteiger partial charge in [0.15, 0.2) is 0 Å². The SMILES string of the molecule is CC(COc1ccc2c(c1)CCN(C(=O)NC1CCCCC1)C2)N1CCCCC1. The van der Waals surface area contributed by atoms with Crippen LogP contribution in [-0.2, 0) is 13.0 Å². The van der Waals surface area contributed by atoms with Gasteiger partial charge in [-0.3, -0.25) is 4.90 Å². The van der Waals surface area contributed by atoms with E-state index < -0.39 is 0 Å². The quantitative estimate of drug-likeness (QED) is 0.801. The largest absolute Gasteiger partial charge is 0.492 e. The van der Waals surface area contributed by atoms with Crippen LogP contribution in [0.4, 0.5) is 4.79 Å². The molecule has 2 heterocycles. The Morgan fingerprint density at radius 3 is 2.62 bits per heavy atom. The third-order valence-electron chi connectivity index (χ3n) is 6.92. The minimum Gasteiger partial charge on any atom is -0.492 e. The zero-order chi connectivity index (χ0) is 20.1. The van der Waals surface area contributed by atoms with E-state index in [1.807, 2.05) is 4.90 Å². The maximum atomic E-state index is 12.7. The van der Waals surface area contributed by atoms with Crippen molar-refractivity contribution in [3.8, 4) is 5.75 Å². The van der Waals surface area contributed by atoms with E-state index in [1.165, 1.54) is 62.7 Å². The number of carbonyl (C=O) groups excluding carboxylic acids is 1. The number of nitrogens with zero attached hydrogens (tertiary/aromatic N) is 2. The first-order valence-electron chi connectivity index (χ1n) is 11.7. The Morgan fingerprint density at radius 2 is 1.83 bits per heavy atom. The highest BCUT2D eigenvalue weighted by Gasteiger charge is 2.24. The lowest BCUT2D eigenvalue weighted by atomic mass is 9.95. The number of likely N-dealkylation sites (tertiary alicyclic amines) is 1. The number of urea groups is 1. The highest BCUT2D eigenvalue weighted by Crippen LogP contribution is 2.25. The van der Waals surface area contributed by atoms with E-state index in [0.717, 1.165) is 38.2 Å². The molecule has 2 amide bonds. The smallest absolute Gasteiger partial charge is 0.317 e. The molecule has 5 nitrogen and oxygen atoms in total. The summed E-state index contributed by atoms with van der Waals surface area (Å²) in [5, 5.41) is 3.25. The van der Waals surface area contributed by atoms with Gasteiger partial charge in [0.05, 0.1) is 0 Å². The fourth-order valence-corrected chi connectivity index (χ4v) is 4.99. The average Bonchev–Trinajstić information content (AvgIpc) is 2.78. The third-order valence-corrected chi connectivity index (χ3v) is 6.92. The molecule has 4 rings (SSSR count). The van der Waals surface area contributed by atoms with Gasteiger partial charge in [0.2, 0.25) is 0 Å². The summed E-state index contributed by atoms with van der Waals surface area (Å²) >= 11 is 0. The number of rotatable bonds is 5. The van der Waals surface area contributed by atoms with Crippen LogP contribution >= 0.6 is 0 Å². The highest BCUT2D eigenvalue weighted by atomic mass is 16.5. The molecule has 1 aromatic carbocycles. The number of carbonyl (C=O) groups is 1. The van der Waals surface area contributed by atoms with Gasteiger partial charge in [0.1, 0.15) is 12.4 Å².